The topological polar surface area (TPSA) is 81.3 Å². The molecule has 0 radical (unpaired) electrons. The minimum Gasteiger partial charge on any atom is -1.00 e. The first kappa shape index (κ1) is 24.6. The number of hydrogen-bond acceptors (Lipinski definition) is 4. The first-order valence-electron chi connectivity index (χ1n) is 9.51. The van der Waals surface area contributed by atoms with Gasteiger partial charge in [-0.1, -0.05) is 6.92 Å². The zero-order chi connectivity index (χ0) is 20.0. The number of nitrogens with one attached hydrogen (secondary N) is 1. The summed E-state index contributed by atoms with van der Waals surface area (Å²) < 4.78 is 35.5. The van der Waals surface area contributed by atoms with Crippen molar-refractivity contribution in [1.82, 2.24) is 9.29 Å². The molecule has 0 amide bonds. The van der Waals surface area contributed by atoms with Crippen molar-refractivity contribution in [2.75, 3.05) is 18.9 Å². The van der Waals surface area contributed by atoms with E-state index in [4.69, 9.17) is 4.74 Å². The van der Waals surface area contributed by atoms with Crippen LogP contribution in [0, 0.1) is 6.92 Å². The van der Waals surface area contributed by atoms with Gasteiger partial charge in [0, 0.05) is 19.5 Å². The van der Waals surface area contributed by atoms with E-state index in [0.717, 1.165) is 29.8 Å². The van der Waals surface area contributed by atoms with Crippen molar-refractivity contribution in [2.45, 2.75) is 53.6 Å². The molecule has 2 aromatic rings. The Morgan fingerprint density at radius 2 is 1.93 bits per heavy atom. The predicted octanol–water partition coefficient (Wildman–Crippen LogP) is -0.843. The molecule has 158 valence electrons. The Kier molecular flexibility index (Phi) is 9.59. The second kappa shape index (κ2) is 10.9. The normalized spacial score (nSPS) is 11.4. The number of nitrogens with zero attached hydrogens (tertiary/aromatic N) is 2. The zero-order valence-corrected chi connectivity index (χ0v) is 19.4. The molecule has 0 fully saturated rings. The molecule has 0 unspecified atom stereocenters. The molecule has 0 aliphatic heterocycles. The van der Waals surface area contributed by atoms with Gasteiger partial charge >= 0.3 is 5.97 Å². The molecule has 0 aliphatic rings. The highest BCUT2D eigenvalue weighted by Crippen LogP contribution is 2.18. The quantitative estimate of drug-likeness (QED) is 0.276. The lowest BCUT2D eigenvalue weighted by molar-refractivity contribution is -0.675. The van der Waals surface area contributed by atoms with Gasteiger partial charge in [-0.05, 0) is 38.8 Å². The molecule has 0 saturated heterocycles. The third-order valence-electron chi connectivity index (χ3n) is 4.57. The number of carbonyl (C=O) groups is 1. The third kappa shape index (κ3) is 5.78. The molecule has 0 saturated carbocycles. The summed E-state index contributed by atoms with van der Waals surface area (Å²) in [5.41, 5.74) is 2.55. The summed E-state index contributed by atoms with van der Waals surface area (Å²) in [6, 6.07) is 5.60. The second-order valence-electron chi connectivity index (χ2n) is 6.39. The number of carbonyl (C=O) groups excluding carboxylic acids is 1. The Bertz CT molecular complexity index is 910. The van der Waals surface area contributed by atoms with Gasteiger partial charge < -0.3 is 21.7 Å². The number of unbranched alkanes of at least 4 members (excludes halogenated alkanes) is 1. The molecule has 9 heteroatoms. The van der Waals surface area contributed by atoms with Crippen molar-refractivity contribution < 1.29 is 39.5 Å². The molecule has 7 nitrogen and oxygen atoms in total. The van der Waals surface area contributed by atoms with E-state index in [9.17, 15) is 13.2 Å². The monoisotopic (exact) mass is 475 g/mol. The average molecular weight is 476 g/mol. The first-order chi connectivity index (χ1) is 12.8. The number of esters is 1. The number of rotatable bonds is 10. The SMILES string of the molecule is CCNS(=O)(=O)CCCCn1c(C)[n+](CC)c2ccc(C(=O)OCC)cc21.[Br-]. The largest absolute Gasteiger partial charge is 1.00 e. The van der Waals surface area contributed by atoms with E-state index >= 15 is 0 Å². The van der Waals surface area contributed by atoms with Gasteiger partial charge in [0.15, 0.2) is 11.0 Å². The molecule has 1 heterocycles. The highest BCUT2D eigenvalue weighted by Gasteiger charge is 2.22. The molecule has 1 N–H and O–H groups in total. The number of hydrogen-bond donors (Lipinski definition) is 1. The second-order valence-corrected chi connectivity index (χ2v) is 8.32. The van der Waals surface area contributed by atoms with Gasteiger partial charge in [-0.2, -0.15) is 0 Å². The van der Waals surface area contributed by atoms with Gasteiger partial charge in [-0.15, -0.1) is 0 Å². The number of fused-ring (bicyclic) bond motifs is 1. The van der Waals surface area contributed by atoms with Gasteiger partial charge in [0.05, 0.1) is 31.0 Å². The van der Waals surface area contributed by atoms with E-state index < -0.39 is 10.0 Å². The Morgan fingerprint density at radius 1 is 1.21 bits per heavy atom. The van der Waals surface area contributed by atoms with Gasteiger partial charge in [0.2, 0.25) is 10.0 Å². The maximum Gasteiger partial charge on any atom is 0.338 e. The highest BCUT2D eigenvalue weighted by atomic mass is 79.9. The highest BCUT2D eigenvalue weighted by molar-refractivity contribution is 7.89. The lowest BCUT2D eigenvalue weighted by Crippen LogP contribution is -3.00. The summed E-state index contributed by atoms with van der Waals surface area (Å²) in [7, 11) is -3.19. The summed E-state index contributed by atoms with van der Waals surface area (Å²) in [6.45, 7) is 9.96. The molecule has 0 atom stereocenters. The standard InChI is InChI=1S/C19H30N3O4S.BrH/c1-5-20-27(24,25)13-9-8-12-22-15(4)21(6-2)17-11-10-16(14-18(17)22)19(23)26-7-3;/h10-11,14,20H,5-9,12-13H2,1-4H3;1H/q+1;/p-1. The van der Waals surface area contributed by atoms with Crippen LogP contribution < -0.4 is 26.3 Å². The molecular weight excluding hydrogens is 446 g/mol. The molecule has 0 spiro atoms. The van der Waals surface area contributed by atoms with Crippen molar-refractivity contribution in [1.29, 1.82) is 0 Å². The Morgan fingerprint density at radius 3 is 2.54 bits per heavy atom. The van der Waals surface area contributed by atoms with Crippen LogP contribution in [0.4, 0.5) is 0 Å². The van der Waals surface area contributed by atoms with E-state index in [1.165, 1.54) is 0 Å². The van der Waals surface area contributed by atoms with E-state index in [-0.39, 0.29) is 28.7 Å². The van der Waals surface area contributed by atoms with Crippen molar-refractivity contribution in [2.24, 2.45) is 0 Å². The number of aryl methyl sites for hydroxylation is 2. The number of imidazole rings is 1. The molecule has 2 rings (SSSR count). The molecule has 0 aliphatic carbocycles. The maximum atomic E-state index is 12.1. The van der Waals surface area contributed by atoms with Crippen molar-refractivity contribution in [3.8, 4) is 0 Å². The fraction of sp³-hybridized carbons (Fsp3) is 0.579. The summed E-state index contributed by atoms with van der Waals surface area (Å²) >= 11 is 0. The van der Waals surface area contributed by atoms with Crippen LogP contribution in [0.5, 0.6) is 0 Å². The van der Waals surface area contributed by atoms with Crippen molar-refractivity contribution in [3.63, 3.8) is 0 Å². The fourth-order valence-electron chi connectivity index (χ4n) is 3.34. The van der Waals surface area contributed by atoms with Gasteiger partial charge in [0.1, 0.15) is 0 Å². The van der Waals surface area contributed by atoms with E-state index in [0.29, 0.717) is 31.7 Å². The third-order valence-corrected chi connectivity index (χ3v) is 6.13. The van der Waals surface area contributed by atoms with Crippen LogP contribution in [0.2, 0.25) is 0 Å². The van der Waals surface area contributed by atoms with E-state index in [1.54, 1.807) is 19.9 Å². The zero-order valence-electron chi connectivity index (χ0n) is 17.0. The smallest absolute Gasteiger partial charge is 0.338 e. The molecule has 28 heavy (non-hydrogen) atoms. The van der Waals surface area contributed by atoms with Crippen LogP contribution in [0.25, 0.3) is 11.0 Å². The van der Waals surface area contributed by atoms with E-state index in [1.807, 2.05) is 19.1 Å². The number of aromatic nitrogens is 2. The predicted molar refractivity (Wildman–Crippen MR) is 105 cm³/mol. The molecular formula is C19H30BrN3O4S. The summed E-state index contributed by atoms with van der Waals surface area (Å²) in [4.78, 5) is 12.1. The molecule has 0 bridgehead atoms. The Hall–Kier alpha value is -1.45. The molecule has 1 aromatic heterocycles. The summed E-state index contributed by atoms with van der Waals surface area (Å²) in [5, 5.41) is 0. The van der Waals surface area contributed by atoms with Gasteiger partial charge in [-0.3, -0.25) is 0 Å². The Balaban J connectivity index is 0.00000392. The minimum absolute atomic E-state index is 0. The average Bonchev–Trinajstić information content (AvgIpc) is 2.89. The van der Waals surface area contributed by atoms with Gasteiger partial charge in [0.25, 0.3) is 5.82 Å². The lowest BCUT2D eigenvalue weighted by atomic mass is 10.2. The van der Waals surface area contributed by atoms with Crippen LogP contribution in [-0.2, 0) is 27.8 Å². The number of ether oxygens (including phenoxy) is 1. The summed E-state index contributed by atoms with van der Waals surface area (Å²) in [6.07, 6.45) is 1.32. The van der Waals surface area contributed by atoms with E-state index in [2.05, 4.69) is 20.8 Å². The number of benzene rings is 1. The lowest BCUT2D eigenvalue weighted by Gasteiger charge is -2.05. The maximum absolute atomic E-state index is 12.1. The number of sulfonamides is 1. The van der Waals surface area contributed by atoms with Crippen LogP contribution >= 0.6 is 0 Å². The Labute approximate surface area is 177 Å². The van der Waals surface area contributed by atoms with Crippen LogP contribution in [0.1, 0.15) is 49.8 Å². The van der Waals surface area contributed by atoms with Crippen LogP contribution in [-0.4, -0.2) is 37.9 Å². The summed E-state index contributed by atoms with van der Waals surface area (Å²) in [5.74, 6) is 0.883. The number of halogens is 1. The van der Waals surface area contributed by atoms with Crippen LogP contribution in [0.3, 0.4) is 0 Å². The van der Waals surface area contributed by atoms with Crippen molar-refractivity contribution >= 4 is 27.0 Å². The van der Waals surface area contributed by atoms with Crippen molar-refractivity contribution in [3.05, 3.63) is 29.6 Å². The van der Waals surface area contributed by atoms with Crippen LogP contribution in [0.15, 0.2) is 18.2 Å². The minimum atomic E-state index is -3.19. The molecule has 1 aromatic carbocycles. The van der Waals surface area contributed by atoms with Gasteiger partial charge in [-0.25, -0.2) is 27.1 Å². The fourth-order valence-corrected chi connectivity index (χ4v) is 4.51. The first-order valence-corrected chi connectivity index (χ1v) is 11.2.